The number of esters is 1. The van der Waals surface area contributed by atoms with Gasteiger partial charge in [0.1, 0.15) is 10.6 Å². The molecule has 130 valence electrons. The first-order valence-corrected chi connectivity index (χ1v) is 8.04. The van der Waals surface area contributed by atoms with Gasteiger partial charge in [0.05, 0.1) is 33.6 Å². The minimum atomic E-state index is -0.466. The molecule has 24 heavy (non-hydrogen) atoms. The Labute approximate surface area is 144 Å². The van der Waals surface area contributed by atoms with Crippen LogP contribution in [0.3, 0.4) is 0 Å². The molecule has 8 heteroatoms. The van der Waals surface area contributed by atoms with Crippen LogP contribution in [0, 0.1) is 0 Å². The molecule has 0 bridgehead atoms. The maximum absolute atomic E-state index is 12.1. The smallest absolute Gasteiger partial charge is 0.343 e. The van der Waals surface area contributed by atoms with E-state index in [9.17, 15) is 4.79 Å². The van der Waals surface area contributed by atoms with Gasteiger partial charge in [0.25, 0.3) is 0 Å². The predicted octanol–water partition coefficient (Wildman–Crippen LogP) is 3.28. The molecule has 0 aliphatic heterocycles. The second kappa shape index (κ2) is 7.78. The molecule has 0 spiro atoms. The van der Waals surface area contributed by atoms with E-state index in [4.69, 9.17) is 24.7 Å². The Morgan fingerprint density at radius 1 is 1.17 bits per heavy atom. The zero-order valence-electron chi connectivity index (χ0n) is 14.0. The Morgan fingerprint density at radius 3 is 2.29 bits per heavy atom. The maximum Gasteiger partial charge on any atom is 0.343 e. The number of carbonyl (C=O) groups is 1. The molecule has 0 saturated carbocycles. The van der Waals surface area contributed by atoms with Crippen molar-refractivity contribution in [3.05, 3.63) is 23.1 Å². The van der Waals surface area contributed by atoms with Gasteiger partial charge in [0, 0.05) is 23.2 Å². The van der Waals surface area contributed by atoms with E-state index in [2.05, 4.69) is 5.32 Å². The molecule has 0 fully saturated rings. The van der Waals surface area contributed by atoms with Crippen molar-refractivity contribution in [3.8, 4) is 17.2 Å². The molecule has 2 rings (SSSR count). The normalized spacial score (nSPS) is 10.2. The van der Waals surface area contributed by atoms with Crippen molar-refractivity contribution in [1.82, 2.24) is 0 Å². The lowest BCUT2D eigenvalue weighted by Gasteiger charge is -2.15. The van der Waals surface area contributed by atoms with E-state index >= 15 is 0 Å². The highest BCUT2D eigenvalue weighted by atomic mass is 32.1. The number of ether oxygens (including phenoxy) is 4. The van der Waals surface area contributed by atoms with Gasteiger partial charge in [0.2, 0.25) is 5.75 Å². The van der Waals surface area contributed by atoms with Crippen molar-refractivity contribution in [2.45, 2.75) is 6.92 Å². The molecule has 0 atom stereocenters. The SMILES string of the molecule is CCOC(=O)c1c(Nc2cc(OC)c(OC)c(OC)c2)csc1N. The lowest BCUT2D eigenvalue weighted by Crippen LogP contribution is -2.08. The number of methoxy groups -OCH3 is 3. The highest BCUT2D eigenvalue weighted by molar-refractivity contribution is 7.15. The Bertz CT molecular complexity index is 704. The molecule has 1 aromatic heterocycles. The quantitative estimate of drug-likeness (QED) is 0.739. The number of nitrogen functional groups attached to an aromatic ring is 1. The number of nitrogens with two attached hydrogens (primary N) is 1. The first-order valence-electron chi connectivity index (χ1n) is 7.16. The van der Waals surface area contributed by atoms with Crippen LogP contribution in [0.4, 0.5) is 16.4 Å². The lowest BCUT2D eigenvalue weighted by atomic mass is 10.2. The highest BCUT2D eigenvalue weighted by Gasteiger charge is 2.20. The third-order valence-electron chi connectivity index (χ3n) is 3.24. The number of nitrogens with one attached hydrogen (secondary N) is 1. The topological polar surface area (TPSA) is 92.0 Å². The molecule has 1 aromatic carbocycles. The van der Waals surface area contributed by atoms with E-state index in [-0.39, 0.29) is 6.61 Å². The summed E-state index contributed by atoms with van der Waals surface area (Å²) in [5.74, 6) is 1.02. The van der Waals surface area contributed by atoms with E-state index in [0.29, 0.717) is 39.2 Å². The van der Waals surface area contributed by atoms with Crippen LogP contribution < -0.4 is 25.3 Å². The van der Waals surface area contributed by atoms with Gasteiger partial charge in [-0.3, -0.25) is 0 Å². The summed E-state index contributed by atoms with van der Waals surface area (Å²) in [5.41, 5.74) is 7.43. The monoisotopic (exact) mass is 352 g/mol. The Morgan fingerprint density at radius 2 is 1.79 bits per heavy atom. The maximum atomic E-state index is 12.1. The first-order chi connectivity index (χ1) is 11.5. The first kappa shape index (κ1) is 17.7. The fraction of sp³-hybridized carbons (Fsp3) is 0.312. The number of anilines is 3. The zero-order chi connectivity index (χ0) is 17.7. The van der Waals surface area contributed by atoms with E-state index in [1.54, 1.807) is 24.4 Å². The number of hydrogen-bond acceptors (Lipinski definition) is 8. The molecule has 1 heterocycles. The summed E-state index contributed by atoms with van der Waals surface area (Å²) in [5, 5.41) is 5.29. The number of hydrogen-bond donors (Lipinski definition) is 2. The van der Waals surface area contributed by atoms with Crippen LogP contribution in [0.15, 0.2) is 17.5 Å². The van der Waals surface area contributed by atoms with Gasteiger partial charge in [0.15, 0.2) is 11.5 Å². The summed E-state index contributed by atoms with van der Waals surface area (Å²) in [6, 6.07) is 3.48. The van der Waals surface area contributed by atoms with Crippen molar-refractivity contribution in [2.24, 2.45) is 0 Å². The second-order valence-electron chi connectivity index (χ2n) is 4.65. The summed E-state index contributed by atoms with van der Waals surface area (Å²) in [7, 11) is 4.60. The summed E-state index contributed by atoms with van der Waals surface area (Å²) in [6.07, 6.45) is 0. The zero-order valence-corrected chi connectivity index (χ0v) is 14.8. The molecule has 2 aromatic rings. The van der Waals surface area contributed by atoms with Crippen LogP contribution >= 0.6 is 11.3 Å². The molecule has 3 N–H and O–H groups in total. The Kier molecular flexibility index (Phi) is 5.75. The fourth-order valence-corrected chi connectivity index (χ4v) is 2.92. The second-order valence-corrected chi connectivity index (χ2v) is 5.56. The van der Waals surface area contributed by atoms with E-state index in [1.165, 1.54) is 32.7 Å². The van der Waals surface area contributed by atoms with Gasteiger partial charge in [-0.2, -0.15) is 0 Å². The molecule has 7 nitrogen and oxygen atoms in total. The van der Waals surface area contributed by atoms with E-state index in [1.807, 2.05) is 0 Å². The molecule has 0 saturated heterocycles. The number of rotatable bonds is 7. The minimum absolute atomic E-state index is 0.276. The standard InChI is InChI=1S/C16H20N2O5S/c1-5-23-16(19)13-10(8-24-15(13)17)18-9-6-11(20-2)14(22-4)12(7-9)21-3/h6-8,18H,5,17H2,1-4H3. The van der Waals surface area contributed by atoms with Crippen LogP contribution in [0.2, 0.25) is 0 Å². The van der Waals surface area contributed by atoms with E-state index in [0.717, 1.165) is 0 Å². The van der Waals surface area contributed by atoms with Gasteiger partial charge in [-0.05, 0) is 6.92 Å². The van der Waals surface area contributed by atoms with Gasteiger partial charge in [-0.1, -0.05) is 0 Å². The molecular weight excluding hydrogens is 332 g/mol. The third-order valence-corrected chi connectivity index (χ3v) is 4.05. The van der Waals surface area contributed by atoms with Crippen molar-refractivity contribution >= 4 is 33.7 Å². The van der Waals surface area contributed by atoms with Gasteiger partial charge >= 0.3 is 5.97 Å². The average molecular weight is 352 g/mol. The third kappa shape index (κ3) is 3.48. The number of carbonyl (C=O) groups excluding carboxylic acids is 1. The van der Waals surface area contributed by atoms with Crippen molar-refractivity contribution in [3.63, 3.8) is 0 Å². The van der Waals surface area contributed by atoms with Crippen LogP contribution in [0.5, 0.6) is 17.2 Å². The summed E-state index contributed by atoms with van der Waals surface area (Å²) >= 11 is 1.26. The summed E-state index contributed by atoms with van der Waals surface area (Å²) < 4.78 is 21.0. The van der Waals surface area contributed by atoms with Crippen LogP contribution in [0.1, 0.15) is 17.3 Å². The molecule has 0 aliphatic rings. The average Bonchev–Trinajstić information content (AvgIpc) is 2.94. The van der Waals surface area contributed by atoms with Gasteiger partial charge in [-0.15, -0.1) is 11.3 Å². The largest absolute Gasteiger partial charge is 0.493 e. The lowest BCUT2D eigenvalue weighted by molar-refractivity contribution is 0.0529. The molecular formula is C16H20N2O5S. The van der Waals surface area contributed by atoms with E-state index < -0.39 is 5.97 Å². The van der Waals surface area contributed by atoms with Gasteiger partial charge < -0.3 is 30.0 Å². The number of benzene rings is 1. The Balaban J connectivity index is 2.40. The van der Waals surface area contributed by atoms with Gasteiger partial charge in [-0.25, -0.2) is 4.79 Å². The number of thiophene rings is 1. The highest BCUT2D eigenvalue weighted by Crippen LogP contribution is 2.41. The minimum Gasteiger partial charge on any atom is -0.493 e. The van der Waals surface area contributed by atoms with Crippen molar-refractivity contribution in [1.29, 1.82) is 0 Å². The van der Waals surface area contributed by atoms with Crippen LogP contribution in [0.25, 0.3) is 0 Å². The Hall–Kier alpha value is -2.61. The van der Waals surface area contributed by atoms with Crippen molar-refractivity contribution in [2.75, 3.05) is 39.0 Å². The van der Waals surface area contributed by atoms with Crippen LogP contribution in [-0.2, 0) is 4.74 Å². The summed E-state index contributed by atoms with van der Waals surface area (Å²) in [4.78, 5) is 12.1. The molecule has 0 amide bonds. The molecule has 0 aliphatic carbocycles. The predicted molar refractivity (Wildman–Crippen MR) is 94.1 cm³/mol. The van der Waals surface area contributed by atoms with Crippen LogP contribution in [-0.4, -0.2) is 33.9 Å². The molecule has 0 radical (unpaired) electrons. The molecule has 0 unspecified atom stereocenters. The summed E-state index contributed by atoms with van der Waals surface area (Å²) in [6.45, 7) is 2.02. The fourth-order valence-electron chi connectivity index (χ4n) is 2.19. The van der Waals surface area contributed by atoms with Crippen molar-refractivity contribution < 1.29 is 23.7 Å².